The van der Waals surface area contributed by atoms with Crippen molar-refractivity contribution in [3.8, 4) is 0 Å². The van der Waals surface area contributed by atoms with Crippen molar-refractivity contribution in [1.82, 2.24) is 9.29 Å². The molecule has 3 aromatic rings. The molecule has 164 valence electrons. The van der Waals surface area contributed by atoms with E-state index in [-0.39, 0.29) is 11.8 Å². The third-order valence-electron chi connectivity index (χ3n) is 5.32. The lowest BCUT2D eigenvalue weighted by molar-refractivity contribution is -0.120. The van der Waals surface area contributed by atoms with Gasteiger partial charge in [-0.25, -0.2) is 13.4 Å². The Morgan fingerprint density at radius 2 is 1.87 bits per heavy atom. The number of thioether (sulfide) groups is 2. The third kappa shape index (κ3) is 4.78. The van der Waals surface area contributed by atoms with Crippen molar-refractivity contribution in [3.05, 3.63) is 42.5 Å². The zero-order valence-corrected chi connectivity index (χ0v) is 20.5. The van der Waals surface area contributed by atoms with Crippen LogP contribution in [-0.4, -0.2) is 49.2 Å². The van der Waals surface area contributed by atoms with Crippen LogP contribution in [0.5, 0.6) is 0 Å². The van der Waals surface area contributed by atoms with Crippen LogP contribution in [0.3, 0.4) is 0 Å². The number of nitrogens with one attached hydrogen (secondary N) is 1. The van der Waals surface area contributed by atoms with Crippen LogP contribution in [0.1, 0.15) is 12.8 Å². The van der Waals surface area contributed by atoms with E-state index in [2.05, 4.69) is 10.3 Å². The molecule has 0 saturated carbocycles. The molecule has 1 N–H and O–H groups in total. The number of carbonyl (C=O) groups is 1. The van der Waals surface area contributed by atoms with Gasteiger partial charge in [0.1, 0.15) is 0 Å². The first-order chi connectivity index (χ1) is 14.9. The third-order valence-corrected chi connectivity index (χ3v) is 10.2. The van der Waals surface area contributed by atoms with E-state index in [4.69, 9.17) is 0 Å². The molecule has 31 heavy (non-hydrogen) atoms. The number of sulfonamides is 1. The van der Waals surface area contributed by atoms with E-state index in [0.29, 0.717) is 30.8 Å². The summed E-state index contributed by atoms with van der Waals surface area (Å²) in [7, 11) is -3.56. The molecule has 1 aliphatic rings. The Hall–Kier alpha value is -1.59. The second-order valence-electron chi connectivity index (χ2n) is 7.18. The Morgan fingerprint density at radius 1 is 1.13 bits per heavy atom. The number of fused-ring (bicyclic) bond motifs is 1. The molecule has 0 atom stereocenters. The average Bonchev–Trinajstić information content (AvgIpc) is 3.21. The predicted octanol–water partition coefficient (Wildman–Crippen LogP) is 4.78. The molecule has 0 unspecified atom stereocenters. The molecule has 0 radical (unpaired) electrons. The van der Waals surface area contributed by atoms with E-state index in [1.165, 1.54) is 16.1 Å². The van der Waals surface area contributed by atoms with Gasteiger partial charge in [-0.1, -0.05) is 23.9 Å². The highest BCUT2D eigenvalue weighted by atomic mass is 32.2. The van der Waals surface area contributed by atoms with Crippen LogP contribution >= 0.6 is 34.9 Å². The molecule has 2 heterocycles. The molecule has 1 fully saturated rings. The number of benzene rings is 2. The minimum Gasteiger partial charge on any atom is -0.326 e. The number of aromatic nitrogens is 1. The lowest BCUT2D eigenvalue weighted by Crippen LogP contribution is -2.41. The van der Waals surface area contributed by atoms with Crippen LogP contribution in [0.15, 0.2) is 56.6 Å². The number of amides is 1. The minimum absolute atomic E-state index is 0.0597. The average molecular weight is 494 g/mol. The fourth-order valence-electron chi connectivity index (χ4n) is 3.64. The quantitative estimate of drug-likeness (QED) is 0.498. The van der Waals surface area contributed by atoms with Crippen LogP contribution in [0.4, 0.5) is 5.69 Å². The van der Waals surface area contributed by atoms with Gasteiger partial charge in [0.15, 0.2) is 4.34 Å². The van der Waals surface area contributed by atoms with Crippen molar-refractivity contribution in [2.45, 2.75) is 27.0 Å². The van der Waals surface area contributed by atoms with Crippen molar-refractivity contribution >= 4 is 66.7 Å². The van der Waals surface area contributed by atoms with E-state index in [1.54, 1.807) is 35.2 Å². The number of piperidine rings is 1. The number of anilines is 1. The van der Waals surface area contributed by atoms with Crippen LogP contribution in [-0.2, 0) is 14.8 Å². The highest BCUT2D eigenvalue weighted by Gasteiger charge is 2.33. The molecule has 4 rings (SSSR count). The zero-order chi connectivity index (χ0) is 22.0. The summed E-state index contributed by atoms with van der Waals surface area (Å²) >= 11 is 4.63. The van der Waals surface area contributed by atoms with Crippen LogP contribution in [0, 0.1) is 5.92 Å². The molecule has 0 aliphatic carbocycles. The Morgan fingerprint density at radius 3 is 2.58 bits per heavy atom. The Bertz CT molecular complexity index is 1200. The number of nitrogens with zero attached hydrogens (tertiary/aromatic N) is 2. The van der Waals surface area contributed by atoms with Gasteiger partial charge in [0.25, 0.3) is 0 Å². The van der Waals surface area contributed by atoms with Gasteiger partial charge in [-0.2, -0.15) is 4.31 Å². The summed E-state index contributed by atoms with van der Waals surface area (Å²) < 4.78 is 29.7. The molecule has 0 bridgehead atoms. The molecule has 0 spiro atoms. The molecule has 1 aliphatic heterocycles. The van der Waals surface area contributed by atoms with E-state index in [0.717, 1.165) is 25.1 Å². The van der Waals surface area contributed by atoms with Crippen molar-refractivity contribution in [2.75, 3.05) is 30.9 Å². The van der Waals surface area contributed by atoms with Gasteiger partial charge in [0.2, 0.25) is 15.9 Å². The van der Waals surface area contributed by atoms with Gasteiger partial charge in [-0.3, -0.25) is 4.79 Å². The zero-order valence-electron chi connectivity index (χ0n) is 17.2. The standard InChI is InChI=1S/C21H23N3O3S4/c1-28-17-5-3-4-6-19(17)31(26,27)24-11-9-14(10-12-24)20(25)22-15-7-8-16-18(13-15)30-21(23-16)29-2/h3-8,13-14H,9-12H2,1-2H3,(H,22,25). The van der Waals surface area contributed by atoms with E-state index in [9.17, 15) is 13.2 Å². The predicted molar refractivity (Wildman–Crippen MR) is 130 cm³/mol. The van der Waals surface area contributed by atoms with Gasteiger partial charge < -0.3 is 5.32 Å². The van der Waals surface area contributed by atoms with E-state index < -0.39 is 10.0 Å². The van der Waals surface area contributed by atoms with Crippen LogP contribution in [0.25, 0.3) is 10.2 Å². The lowest BCUT2D eigenvalue weighted by atomic mass is 9.97. The first-order valence-corrected chi connectivity index (χ1v) is 14.5. The summed E-state index contributed by atoms with van der Waals surface area (Å²) in [6, 6.07) is 12.8. The molecule has 6 nitrogen and oxygen atoms in total. The van der Waals surface area contributed by atoms with Crippen LogP contribution in [0.2, 0.25) is 0 Å². The van der Waals surface area contributed by atoms with Gasteiger partial charge >= 0.3 is 0 Å². The summed E-state index contributed by atoms with van der Waals surface area (Å²) in [4.78, 5) is 18.4. The number of hydrogen-bond donors (Lipinski definition) is 1. The Labute approximate surface area is 194 Å². The summed E-state index contributed by atoms with van der Waals surface area (Å²) in [6.45, 7) is 0.683. The van der Waals surface area contributed by atoms with E-state index in [1.807, 2.05) is 42.8 Å². The van der Waals surface area contributed by atoms with Crippen molar-refractivity contribution < 1.29 is 13.2 Å². The van der Waals surface area contributed by atoms with Crippen molar-refractivity contribution in [2.24, 2.45) is 5.92 Å². The molecule has 1 amide bonds. The maximum absolute atomic E-state index is 13.1. The summed E-state index contributed by atoms with van der Waals surface area (Å²) in [6.07, 6.45) is 4.88. The summed E-state index contributed by atoms with van der Waals surface area (Å²) in [5.74, 6) is -0.267. The van der Waals surface area contributed by atoms with Gasteiger partial charge in [-0.05, 0) is 55.7 Å². The minimum atomic E-state index is -3.56. The highest BCUT2D eigenvalue weighted by molar-refractivity contribution is 8.00. The highest BCUT2D eigenvalue weighted by Crippen LogP contribution is 2.32. The molecule has 2 aromatic carbocycles. The maximum Gasteiger partial charge on any atom is 0.244 e. The molecular weight excluding hydrogens is 471 g/mol. The Kier molecular flexibility index (Phi) is 6.92. The second-order valence-corrected chi connectivity index (χ2v) is 12.0. The fourth-order valence-corrected chi connectivity index (χ4v) is 7.76. The Balaban J connectivity index is 1.41. The van der Waals surface area contributed by atoms with Crippen molar-refractivity contribution in [3.63, 3.8) is 0 Å². The van der Waals surface area contributed by atoms with Gasteiger partial charge in [0.05, 0.1) is 15.1 Å². The maximum atomic E-state index is 13.1. The number of rotatable bonds is 6. The largest absolute Gasteiger partial charge is 0.326 e. The van der Waals surface area contributed by atoms with E-state index >= 15 is 0 Å². The normalized spacial score (nSPS) is 15.9. The monoisotopic (exact) mass is 493 g/mol. The molecular formula is C21H23N3O3S4. The smallest absolute Gasteiger partial charge is 0.244 e. The molecule has 1 aromatic heterocycles. The number of thiazole rings is 1. The van der Waals surface area contributed by atoms with Gasteiger partial charge in [-0.15, -0.1) is 23.1 Å². The first kappa shape index (κ1) is 22.6. The first-order valence-electron chi connectivity index (χ1n) is 9.81. The van der Waals surface area contributed by atoms with Gasteiger partial charge in [0, 0.05) is 29.6 Å². The molecule has 10 heteroatoms. The fraction of sp³-hybridized carbons (Fsp3) is 0.333. The molecule has 1 saturated heterocycles. The number of carbonyl (C=O) groups excluding carboxylic acids is 1. The van der Waals surface area contributed by atoms with Crippen LogP contribution < -0.4 is 5.32 Å². The topological polar surface area (TPSA) is 79.4 Å². The summed E-state index contributed by atoms with van der Waals surface area (Å²) in [5, 5.41) is 3.00. The van der Waals surface area contributed by atoms with Crippen molar-refractivity contribution in [1.29, 1.82) is 0 Å². The second kappa shape index (κ2) is 9.50. The number of hydrogen-bond acceptors (Lipinski definition) is 7. The lowest BCUT2D eigenvalue weighted by Gasteiger charge is -2.31. The summed E-state index contributed by atoms with van der Waals surface area (Å²) in [5.41, 5.74) is 1.68. The SMILES string of the molecule is CSc1nc2ccc(NC(=O)C3CCN(S(=O)(=O)c4ccccc4SC)CC3)cc2s1.